The Hall–Kier alpha value is -1.61. The highest BCUT2D eigenvalue weighted by Crippen LogP contribution is 2.35. The second-order valence-electron chi connectivity index (χ2n) is 9.22. The molecule has 0 bridgehead atoms. The van der Waals surface area contributed by atoms with Gasteiger partial charge in [-0.05, 0) is 56.0 Å². The number of carbonyl (C=O) groups excluding carboxylic acids is 1. The molecule has 0 saturated carbocycles. The van der Waals surface area contributed by atoms with E-state index in [4.69, 9.17) is 16.3 Å². The van der Waals surface area contributed by atoms with Crippen molar-refractivity contribution in [3.05, 3.63) is 34.7 Å². The molecule has 1 atom stereocenters. The highest BCUT2D eigenvalue weighted by molar-refractivity contribution is 7.91. The zero-order valence-electron chi connectivity index (χ0n) is 20.0. The predicted molar refractivity (Wildman–Crippen MR) is 145 cm³/mol. The van der Waals surface area contributed by atoms with Crippen LogP contribution in [0.25, 0.3) is 10.2 Å². The van der Waals surface area contributed by atoms with Crippen molar-refractivity contribution in [3.8, 4) is 0 Å². The van der Waals surface area contributed by atoms with Gasteiger partial charge in [-0.15, -0.1) is 11.3 Å². The van der Waals surface area contributed by atoms with Gasteiger partial charge in [0.15, 0.2) is 15.0 Å². The highest BCUT2D eigenvalue weighted by atomic mass is 35.5. The third kappa shape index (κ3) is 5.72. The summed E-state index contributed by atoms with van der Waals surface area (Å²) in [5.74, 6) is -0.479. The van der Waals surface area contributed by atoms with Gasteiger partial charge in [0.2, 0.25) is 5.91 Å². The van der Waals surface area contributed by atoms with Gasteiger partial charge < -0.3 is 4.74 Å². The number of rotatable bonds is 7. The molecule has 2 fully saturated rings. The molecule has 9 nitrogen and oxygen atoms in total. The molecule has 1 unspecified atom stereocenters. The fraction of sp³-hybridized carbons (Fsp3) is 0.478. The number of ether oxygens (including phenoxy) is 1. The SMILES string of the molecule is CS(=O)(=O)c1ccc2nc(N(CC3CCCO3)C(=O)C3CCN(S(=O)(=O)c4ccc(Cl)s4)CC3)sc2c1. The third-order valence-electron chi connectivity index (χ3n) is 6.63. The van der Waals surface area contributed by atoms with Crippen molar-refractivity contribution < 1.29 is 26.4 Å². The van der Waals surface area contributed by atoms with Crippen LogP contribution >= 0.6 is 34.3 Å². The Morgan fingerprint density at radius 2 is 1.89 bits per heavy atom. The molecule has 0 aliphatic carbocycles. The maximum atomic E-state index is 13.8. The molecule has 0 spiro atoms. The van der Waals surface area contributed by atoms with Crippen LogP contribution in [0.3, 0.4) is 0 Å². The van der Waals surface area contributed by atoms with Gasteiger partial charge in [0.05, 0.1) is 32.1 Å². The number of sulfonamides is 1. The number of hydrogen-bond acceptors (Lipinski definition) is 9. The van der Waals surface area contributed by atoms with E-state index in [2.05, 4.69) is 4.98 Å². The predicted octanol–water partition coefficient (Wildman–Crippen LogP) is 4.03. The van der Waals surface area contributed by atoms with Crippen molar-refractivity contribution in [1.82, 2.24) is 9.29 Å². The van der Waals surface area contributed by atoms with E-state index in [1.54, 1.807) is 23.1 Å². The zero-order chi connectivity index (χ0) is 26.4. The molecule has 0 N–H and O–H groups in total. The smallest absolute Gasteiger partial charge is 0.252 e. The number of aromatic nitrogens is 1. The monoisotopic (exact) mass is 603 g/mol. The Labute approximate surface area is 229 Å². The Morgan fingerprint density at radius 1 is 1.14 bits per heavy atom. The fourth-order valence-electron chi connectivity index (χ4n) is 4.62. The Kier molecular flexibility index (Phi) is 7.66. The minimum Gasteiger partial charge on any atom is -0.376 e. The molecule has 1 amide bonds. The number of fused-ring (bicyclic) bond motifs is 1. The van der Waals surface area contributed by atoms with Gasteiger partial charge in [-0.2, -0.15) is 4.31 Å². The quantitative estimate of drug-likeness (QED) is 0.401. The molecule has 37 heavy (non-hydrogen) atoms. The molecule has 4 heterocycles. The van der Waals surface area contributed by atoms with Crippen molar-refractivity contribution in [2.45, 2.75) is 40.9 Å². The number of halogens is 1. The summed E-state index contributed by atoms with van der Waals surface area (Å²) in [6, 6.07) is 7.83. The lowest BCUT2D eigenvalue weighted by Crippen LogP contribution is -2.46. The first-order valence-corrected chi connectivity index (χ1v) is 17.2. The van der Waals surface area contributed by atoms with Crippen LogP contribution in [-0.2, 0) is 29.4 Å². The van der Waals surface area contributed by atoms with E-state index in [1.807, 2.05) is 0 Å². The van der Waals surface area contributed by atoms with Gasteiger partial charge in [0.1, 0.15) is 4.21 Å². The van der Waals surface area contributed by atoms with Crippen LogP contribution in [0, 0.1) is 5.92 Å². The van der Waals surface area contributed by atoms with Gasteiger partial charge in [-0.1, -0.05) is 22.9 Å². The van der Waals surface area contributed by atoms with E-state index in [9.17, 15) is 21.6 Å². The summed E-state index contributed by atoms with van der Waals surface area (Å²) < 4.78 is 58.5. The second-order valence-corrected chi connectivity index (χ2v) is 16.1. The van der Waals surface area contributed by atoms with Gasteiger partial charge in [0.25, 0.3) is 10.0 Å². The number of nitrogens with zero attached hydrogens (tertiary/aromatic N) is 3. The maximum Gasteiger partial charge on any atom is 0.252 e. The van der Waals surface area contributed by atoms with Crippen LogP contribution in [0.4, 0.5) is 5.13 Å². The molecule has 2 aliphatic heterocycles. The van der Waals surface area contributed by atoms with Crippen molar-refractivity contribution >= 4 is 75.4 Å². The standard InChI is InChI=1S/C23H26ClN3O6S4/c1-36(29,30)17-4-5-18-19(13-17)34-23(25-18)27(14-16-3-2-12-33-16)22(28)15-8-10-26(11-9-15)37(31,32)21-7-6-20(24)35-21/h4-7,13,15-16H,2-3,8-12,14H2,1H3. The van der Waals surface area contributed by atoms with Gasteiger partial charge >= 0.3 is 0 Å². The average molecular weight is 604 g/mol. The number of hydrogen-bond donors (Lipinski definition) is 0. The first-order valence-electron chi connectivity index (χ1n) is 11.8. The van der Waals surface area contributed by atoms with E-state index in [0.29, 0.717) is 45.7 Å². The van der Waals surface area contributed by atoms with Crippen LogP contribution in [-0.4, -0.2) is 70.6 Å². The summed E-state index contributed by atoms with van der Waals surface area (Å²) in [6.45, 7) is 1.47. The van der Waals surface area contributed by atoms with E-state index >= 15 is 0 Å². The lowest BCUT2D eigenvalue weighted by molar-refractivity contribution is -0.123. The van der Waals surface area contributed by atoms with Crippen LogP contribution < -0.4 is 4.90 Å². The zero-order valence-corrected chi connectivity index (χ0v) is 24.0. The first kappa shape index (κ1) is 27.0. The summed E-state index contributed by atoms with van der Waals surface area (Å²) in [7, 11) is -7.03. The second kappa shape index (κ2) is 10.5. The van der Waals surface area contributed by atoms with Gasteiger partial charge in [-0.25, -0.2) is 21.8 Å². The summed E-state index contributed by atoms with van der Waals surface area (Å²) in [4.78, 5) is 20.3. The van der Waals surface area contributed by atoms with Gasteiger partial charge in [-0.3, -0.25) is 9.69 Å². The topological polar surface area (TPSA) is 114 Å². The number of benzene rings is 1. The van der Waals surface area contributed by atoms with E-state index in [1.165, 1.54) is 27.8 Å². The number of piperidine rings is 1. The molecular formula is C23H26ClN3O6S4. The number of sulfone groups is 1. The lowest BCUT2D eigenvalue weighted by atomic mass is 9.96. The number of thiophene rings is 1. The van der Waals surface area contributed by atoms with Crippen molar-refractivity contribution in [3.63, 3.8) is 0 Å². The number of thiazole rings is 1. The molecule has 2 aliphatic rings. The molecule has 0 radical (unpaired) electrons. The average Bonchev–Trinajstić information content (AvgIpc) is 3.62. The maximum absolute atomic E-state index is 13.8. The summed E-state index contributed by atoms with van der Waals surface area (Å²) >= 11 is 8.23. The minimum atomic E-state index is -3.65. The Morgan fingerprint density at radius 3 is 2.51 bits per heavy atom. The first-order chi connectivity index (χ1) is 17.5. The van der Waals surface area contributed by atoms with Crippen molar-refractivity contribution in [2.75, 3.05) is 37.4 Å². The van der Waals surface area contributed by atoms with Crippen LogP contribution in [0.5, 0.6) is 0 Å². The minimum absolute atomic E-state index is 0.105. The Bertz CT molecular complexity index is 1520. The fourth-order valence-corrected chi connectivity index (χ4v) is 9.47. The van der Waals surface area contributed by atoms with Crippen molar-refractivity contribution in [1.29, 1.82) is 0 Å². The number of carbonyl (C=O) groups is 1. The molecular weight excluding hydrogens is 578 g/mol. The molecule has 2 aromatic heterocycles. The molecule has 5 rings (SSSR count). The van der Waals surface area contributed by atoms with Crippen LogP contribution in [0.1, 0.15) is 25.7 Å². The summed E-state index contributed by atoms with van der Waals surface area (Å²) in [5.41, 5.74) is 0.619. The van der Waals surface area contributed by atoms with E-state index in [0.717, 1.165) is 30.4 Å². The molecule has 200 valence electrons. The van der Waals surface area contributed by atoms with Crippen molar-refractivity contribution in [2.24, 2.45) is 5.92 Å². The van der Waals surface area contributed by atoms with Crippen LogP contribution in [0.15, 0.2) is 39.4 Å². The Balaban J connectivity index is 1.37. The molecule has 2 saturated heterocycles. The van der Waals surface area contributed by atoms with Crippen LogP contribution in [0.2, 0.25) is 4.34 Å². The molecule has 1 aromatic carbocycles. The third-order valence-corrected chi connectivity index (χ3v) is 12.4. The lowest BCUT2D eigenvalue weighted by Gasteiger charge is -2.33. The summed E-state index contributed by atoms with van der Waals surface area (Å²) in [6.07, 6.45) is 3.60. The van der Waals surface area contributed by atoms with E-state index < -0.39 is 19.9 Å². The normalized spacial score (nSPS) is 20.0. The largest absolute Gasteiger partial charge is 0.376 e. The van der Waals surface area contributed by atoms with E-state index in [-0.39, 0.29) is 40.1 Å². The number of anilines is 1. The number of amides is 1. The molecule has 3 aromatic rings. The highest BCUT2D eigenvalue weighted by Gasteiger charge is 2.36. The van der Waals surface area contributed by atoms with Gasteiger partial charge in [0, 0.05) is 31.9 Å². The molecule has 14 heteroatoms. The summed E-state index contributed by atoms with van der Waals surface area (Å²) in [5, 5.41) is 0.490.